The van der Waals surface area contributed by atoms with Crippen LogP contribution in [0, 0.1) is 0 Å². The SMILES string of the molecule is COc1ccc([C@H]2C(C(=O)Nc3ccccc3OC)=C(C)NC3=C2C(=O)C[C@@H](c2ccc(OC)c(OC)c2)C3)cc1. The average molecular weight is 555 g/mol. The number of ether oxygens (including phenoxy) is 4. The van der Waals surface area contributed by atoms with Crippen LogP contribution in [-0.2, 0) is 9.59 Å². The summed E-state index contributed by atoms with van der Waals surface area (Å²) in [7, 11) is 6.36. The van der Waals surface area contributed by atoms with Gasteiger partial charge in [0, 0.05) is 34.9 Å². The quantitative estimate of drug-likeness (QED) is 0.368. The number of carbonyl (C=O) groups excluding carboxylic acids is 2. The monoisotopic (exact) mass is 554 g/mol. The largest absolute Gasteiger partial charge is 0.497 e. The number of hydrogen-bond donors (Lipinski definition) is 2. The Hall–Kier alpha value is -4.72. The molecule has 2 atom stereocenters. The van der Waals surface area contributed by atoms with Gasteiger partial charge in [-0.3, -0.25) is 9.59 Å². The molecule has 0 fully saturated rings. The van der Waals surface area contributed by atoms with Crippen LogP contribution in [-0.4, -0.2) is 40.1 Å². The van der Waals surface area contributed by atoms with Crippen LogP contribution in [0.2, 0.25) is 0 Å². The molecule has 8 nitrogen and oxygen atoms in total. The molecule has 3 aromatic rings. The number of amides is 1. The van der Waals surface area contributed by atoms with Crippen molar-refractivity contribution in [1.29, 1.82) is 0 Å². The standard InChI is InChI=1S/C33H34N2O6/c1-19-30(33(37)35-24-8-6-7-9-27(24)39-3)31(20-10-13-23(38-2)14-11-20)32-25(34-19)16-22(17-26(32)36)21-12-15-28(40-4)29(18-21)41-5/h6-15,18,22,31,34H,16-17H2,1-5H3,(H,35,37)/t22-,31-/m0/s1. The molecule has 212 valence electrons. The summed E-state index contributed by atoms with van der Waals surface area (Å²) in [6.07, 6.45) is 0.922. The topological polar surface area (TPSA) is 95.1 Å². The summed E-state index contributed by atoms with van der Waals surface area (Å²) >= 11 is 0. The number of para-hydroxylation sites is 2. The normalized spacial score (nSPS) is 18.3. The lowest BCUT2D eigenvalue weighted by Crippen LogP contribution is -2.37. The van der Waals surface area contributed by atoms with Crippen LogP contribution < -0.4 is 29.6 Å². The number of hydrogen-bond acceptors (Lipinski definition) is 7. The summed E-state index contributed by atoms with van der Waals surface area (Å²) in [6.45, 7) is 1.88. The van der Waals surface area contributed by atoms with E-state index in [2.05, 4.69) is 10.6 Å². The molecule has 0 saturated carbocycles. The molecule has 1 heterocycles. The lowest BCUT2D eigenvalue weighted by molar-refractivity contribution is -0.116. The molecular weight excluding hydrogens is 520 g/mol. The maximum atomic E-state index is 14.0. The number of carbonyl (C=O) groups is 2. The van der Waals surface area contributed by atoms with Crippen molar-refractivity contribution < 1.29 is 28.5 Å². The third-order valence-electron chi connectivity index (χ3n) is 7.76. The summed E-state index contributed by atoms with van der Waals surface area (Å²) in [4.78, 5) is 27.9. The Morgan fingerprint density at radius 1 is 0.805 bits per heavy atom. The van der Waals surface area contributed by atoms with Gasteiger partial charge in [-0.1, -0.05) is 30.3 Å². The van der Waals surface area contributed by atoms with E-state index in [1.165, 1.54) is 0 Å². The van der Waals surface area contributed by atoms with E-state index in [-0.39, 0.29) is 17.6 Å². The molecule has 0 saturated heterocycles. The molecule has 1 aliphatic heterocycles. The van der Waals surface area contributed by atoms with Crippen molar-refractivity contribution in [2.75, 3.05) is 33.8 Å². The fraction of sp³-hybridized carbons (Fsp3) is 0.273. The minimum Gasteiger partial charge on any atom is -0.497 e. The van der Waals surface area contributed by atoms with Gasteiger partial charge in [0.15, 0.2) is 17.3 Å². The Balaban J connectivity index is 1.55. The molecule has 41 heavy (non-hydrogen) atoms. The first kappa shape index (κ1) is 27.8. The van der Waals surface area contributed by atoms with E-state index in [1.807, 2.05) is 61.5 Å². The zero-order chi connectivity index (χ0) is 29.1. The number of rotatable bonds is 8. The van der Waals surface area contributed by atoms with Crippen molar-refractivity contribution in [3.8, 4) is 23.0 Å². The van der Waals surface area contributed by atoms with Crippen LogP contribution >= 0.6 is 0 Å². The van der Waals surface area contributed by atoms with Crippen molar-refractivity contribution in [1.82, 2.24) is 5.32 Å². The van der Waals surface area contributed by atoms with Crippen molar-refractivity contribution in [3.05, 3.63) is 100 Å². The number of dihydropyridines is 1. The highest BCUT2D eigenvalue weighted by molar-refractivity contribution is 6.10. The van der Waals surface area contributed by atoms with Crippen molar-refractivity contribution >= 4 is 17.4 Å². The predicted molar refractivity (Wildman–Crippen MR) is 157 cm³/mol. The van der Waals surface area contributed by atoms with Gasteiger partial charge < -0.3 is 29.6 Å². The second-order valence-electron chi connectivity index (χ2n) is 10.1. The van der Waals surface area contributed by atoms with Crippen molar-refractivity contribution in [2.45, 2.75) is 31.6 Å². The summed E-state index contributed by atoms with van der Waals surface area (Å²) in [5.74, 6) is 1.59. The summed E-state index contributed by atoms with van der Waals surface area (Å²) in [5, 5.41) is 6.44. The molecular formula is C33H34N2O6. The number of Topliss-reactive ketones (excluding diaryl/α,β-unsaturated/α-hetero) is 1. The van der Waals surface area contributed by atoms with E-state index in [0.717, 1.165) is 16.8 Å². The smallest absolute Gasteiger partial charge is 0.254 e. The summed E-state index contributed by atoms with van der Waals surface area (Å²) in [5.41, 5.74) is 5.00. The number of allylic oxidation sites excluding steroid dienone is 3. The Bertz CT molecular complexity index is 1540. The van der Waals surface area contributed by atoms with Gasteiger partial charge in [0.25, 0.3) is 5.91 Å². The predicted octanol–water partition coefficient (Wildman–Crippen LogP) is 5.72. The number of benzene rings is 3. The molecule has 8 heteroatoms. The zero-order valence-corrected chi connectivity index (χ0v) is 23.9. The maximum absolute atomic E-state index is 14.0. The molecule has 1 amide bonds. The lowest BCUT2D eigenvalue weighted by atomic mass is 9.71. The Kier molecular flexibility index (Phi) is 8.01. The van der Waals surface area contributed by atoms with Gasteiger partial charge in [-0.15, -0.1) is 0 Å². The summed E-state index contributed by atoms with van der Waals surface area (Å²) in [6, 6.07) is 20.5. The number of methoxy groups -OCH3 is 4. The van der Waals surface area contributed by atoms with Crippen LogP contribution in [0.25, 0.3) is 0 Å². The molecule has 2 N–H and O–H groups in total. The van der Waals surface area contributed by atoms with E-state index in [4.69, 9.17) is 18.9 Å². The molecule has 0 spiro atoms. The van der Waals surface area contributed by atoms with E-state index in [9.17, 15) is 9.59 Å². The minimum absolute atomic E-state index is 0.00514. The zero-order valence-electron chi connectivity index (χ0n) is 23.9. The minimum atomic E-state index is -0.550. The number of nitrogens with one attached hydrogen (secondary N) is 2. The molecule has 0 unspecified atom stereocenters. The first-order valence-corrected chi connectivity index (χ1v) is 13.4. The van der Waals surface area contributed by atoms with Gasteiger partial charge in [-0.05, 0) is 66.8 Å². The van der Waals surface area contributed by atoms with Crippen molar-refractivity contribution in [3.63, 3.8) is 0 Å². The molecule has 0 radical (unpaired) electrons. The Morgan fingerprint density at radius 3 is 2.17 bits per heavy atom. The fourth-order valence-corrected chi connectivity index (χ4v) is 5.75. The Morgan fingerprint density at radius 2 is 1.49 bits per heavy atom. The number of anilines is 1. The van der Waals surface area contributed by atoms with Gasteiger partial charge in [0.1, 0.15) is 11.5 Å². The number of ketones is 1. The first-order valence-electron chi connectivity index (χ1n) is 13.4. The molecule has 0 bridgehead atoms. The second kappa shape index (κ2) is 11.8. The van der Waals surface area contributed by atoms with Crippen LogP contribution in [0.1, 0.15) is 42.7 Å². The van der Waals surface area contributed by atoms with Gasteiger partial charge in [0.2, 0.25) is 0 Å². The van der Waals surface area contributed by atoms with Gasteiger partial charge in [0.05, 0.1) is 34.1 Å². The average Bonchev–Trinajstić information content (AvgIpc) is 3.00. The van der Waals surface area contributed by atoms with Crippen LogP contribution in [0.3, 0.4) is 0 Å². The van der Waals surface area contributed by atoms with E-state index in [1.54, 1.807) is 40.6 Å². The van der Waals surface area contributed by atoms with E-state index >= 15 is 0 Å². The van der Waals surface area contributed by atoms with Crippen molar-refractivity contribution in [2.24, 2.45) is 0 Å². The third-order valence-corrected chi connectivity index (χ3v) is 7.76. The highest BCUT2D eigenvalue weighted by Gasteiger charge is 2.41. The van der Waals surface area contributed by atoms with Gasteiger partial charge in [-0.25, -0.2) is 0 Å². The van der Waals surface area contributed by atoms with Crippen LogP contribution in [0.15, 0.2) is 89.3 Å². The Labute approximate surface area is 240 Å². The second-order valence-corrected chi connectivity index (χ2v) is 10.1. The van der Waals surface area contributed by atoms with E-state index in [0.29, 0.717) is 58.4 Å². The molecule has 0 aromatic heterocycles. The molecule has 3 aromatic carbocycles. The van der Waals surface area contributed by atoms with E-state index < -0.39 is 5.92 Å². The third kappa shape index (κ3) is 5.37. The van der Waals surface area contributed by atoms with Gasteiger partial charge >= 0.3 is 0 Å². The molecule has 1 aliphatic carbocycles. The maximum Gasteiger partial charge on any atom is 0.254 e. The van der Waals surface area contributed by atoms with Crippen LogP contribution in [0.4, 0.5) is 5.69 Å². The highest BCUT2D eigenvalue weighted by Crippen LogP contribution is 2.46. The van der Waals surface area contributed by atoms with Crippen LogP contribution in [0.5, 0.6) is 23.0 Å². The molecule has 2 aliphatic rings. The fourth-order valence-electron chi connectivity index (χ4n) is 5.75. The molecule has 5 rings (SSSR count). The van der Waals surface area contributed by atoms with Gasteiger partial charge in [-0.2, -0.15) is 0 Å². The first-order chi connectivity index (χ1) is 19.9. The lowest BCUT2D eigenvalue weighted by Gasteiger charge is -2.37. The highest BCUT2D eigenvalue weighted by atomic mass is 16.5. The summed E-state index contributed by atoms with van der Waals surface area (Å²) < 4.78 is 21.7.